The Labute approximate surface area is 302 Å². The predicted octanol–water partition coefficient (Wildman–Crippen LogP) is 13.1. The van der Waals surface area contributed by atoms with Crippen molar-refractivity contribution in [2.75, 3.05) is 0 Å². The van der Waals surface area contributed by atoms with Crippen LogP contribution in [0.5, 0.6) is 0 Å². The lowest BCUT2D eigenvalue weighted by molar-refractivity contribution is 0.669. The molecule has 52 heavy (non-hydrogen) atoms. The molecule has 0 unspecified atom stereocenters. The molecule has 0 amide bonds. The highest BCUT2D eigenvalue weighted by Crippen LogP contribution is 2.39. The molecule has 11 aromatic rings. The van der Waals surface area contributed by atoms with Gasteiger partial charge in [-0.15, -0.1) is 11.3 Å². The molecule has 11 rings (SSSR count). The molecule has 0 bridgehead atoms. The van der Waals surface area contributed by atoms with E-state index in [0.29, 0.717) is 17.5 Å². The number of para-hydroxylation sites is 1. The van der Waals surface area contributed by atoms with Crippen LogP contribution in [-0.2, 0) is 0 Å². The Bertz CT molecular complexity index is 3210. The number of furan rings is 1. The lowest BCUT2D eigenvalue weighted by Crippen LogP contribution is -2.00. The first-order valence-corrected chi connectivity index (χ1v) is 18.2. The summed E-state index contributed by atoms with van der Waals surface area (Å²) >= 11 is 1.81. The maximum atomic E-state index is 6.22. The monoisotopic (exact) mass is 681 g/mol. The van der Waals surface area contributed by atoms with E-state index in [4.69, 9.17) is 19.4 Å². The van der Waals surface area contributed by atoms with Crippen molar-refractivity contribution in [1.29, 1.82) is 0 Å². The Hall–Kier alpha value is -6.69. The van der Waals surface area contributed by atoms with Gasteiger partial charge in [-0.3, -0.25) is 0 Å². The van der Waals surface area contributed by atoms with Crippen LogP contribution in [0.4, 0.5) is 0 Å². The summed E-state index contributed by atoms with van der Waals surface area (Å²) in [6.45, 7) is 0. The van der Waals surface area contributed by atoms with E-state index in [2.05, 4.69) is 146 Å². The number of thiophene rings is 1. The van der Waals surface area contributed by atoms with E-state index in [-0.39, 0.29) is 0 Å². The van der Waals surface area contributed by atoms with E-state index < -0.39 is 0 Å². The second-order valence-electron chi connectivity index (χ2n) is 13.2. The lowest BCUT2D eigenvalue weighted by Gasteiger charge is -2.11. The zero-order valence-electron chi connectivity index (χ0n) is 27.7. The summed E-state index contributed by atoms with van der Waals surface area (Å²) in [6, 6.07) is 57.6. The summed E-state index contributed by atoms with van der Waals surface area (Å²) in [6.07, 6.45) is 0. The predicted molar refractivity (Wildman–Crippen MR) is 217 cm³/mol. The minimum Gasteiger partial charge on any atom is -0.456 e. The smallest absolute Gasteiger partial charge is 0.164 e. The Balaban J connectivity index is 1.09. The van der Waals surface area contributed by atoms with Crippen LogP contribution in [-0.4, -0.2) is 15.0 Å². The van der Waals surface area contributed by atoms with E-state index in [1.165, 1.54) is 25.6 Å². The van der Waals surface area contributed by atoms with Crippen molar-refractivity contribution < 1.29 is 4.42 Å². The van der Waals surface area contributed by atoms with Crippen LogP contribution in [0.2, 0.25) is 0 Å². The number of rotatable bonds is 4. The molecular formula is C47H27N3OS. The molecule has 0 spiro atoms. The molecule has 0 radical (unpaired) electrons. The van der Waals surface area contributed by atoms with E-state index in [0.717, 1.165) is 65.9 Å². The molecular weight excluding hydrogens is 655 g/mol. The van der Waals surface area contributed by atoms with Gasteiger partial charge in [-0.25, -0.2) is 15.0 Å². The van der Waals surface area contributed by atoms with Crippen LogP contribution in [0.25, 0.3) is 109 Å². The minimum atomic E-state index is 0.638. The van der Waals surface area contributed by atoms with Crippen molar-refractivity contribution in [1.82, 2.24) is 15.0 Å². The Kier molecular flexibility index (Phi) is 6.39. The van der Waals surface area contributed by atoms with Gasteiger partial charge in [0.2, 0.25) is 0 Å². The van der Waals surface area contributed by atoms with Crippen LogP contribution in [0.1, 0.15) is 0 Å². The van der Waals surface area contributed by atoms with Crippen LogP contribution < -0.4 is 0 Å². The van der Waals surface area contributed by atoms with Gasteiger partial charge in [0.1, 0.15) is 11.2 Å². The maximum Gasteiger partial charge on any atom is 0.164 e. The number of hydrogen-bond donors (Lipinski definition) is 0. The first kappa shape index (κ1) is 29.1. The van der Waals surface area contributed by atoms with Gasteiger partial charge in [0.15, 0.2) is 17.5 Å². The largest absolute Gasteiger partial charge is 0.456 e. The highest BCUT2D eigenvalue weighted by molar-refractivity contribution is 7.25. The zero-order valence-corrected chi connectivity index (χ0v) is 28.6. The van der Waals surface area contributed by atoms with E-state index >= 15 is 0 Å². The van der Waals surface area contributed by atoms with E-state index in [1.807, 2.05) is 29.5 Å². The average molecular weight is 682 g/mol. The SMILES string of the molecule is c1ccc2cc(-c3nc(-c4ccc5ccc(-c6cccc7oc8ccccc8c67)cc5c4)nc(-c4ccc5sc6ccccc6c5c4)n3)ccc2c1. The van der Waals surface area contributed by atoms with Crippen molar-refractivity contribution >= 4 is 75.0 Å². The second-order valence-corrected chi connectivity index (χ2v) is 14.3. The first-order chi connectivity index (χ1) is 25.7. The number of hydrogen-bond acceptors (Lipinski definition) is 5. The average Bonchev–Trinajstić information content (AvgIpc) is 3.78. The summed E-state index contributed by atoms with van der Waals surface area (Å²) in [5.41, 5.74) is 6.91. The molecule has 242 valence electrons. The molecule has 0 aliphatic rings. The normalized spacial score (nSPS) is 11.8. The number of benzene rings is 8. The molecule has 0 fully saturated rings. The van der Waals surface area contributed by atoms with Crippen LogP contribution in [0.3, 0.4) is 0 Å². The van der Waals surface area contributed by atoms with Gasteiger partial charge in [0.25, 0.3) is 0 Å². The zero-order chi connectivity index (χ0) is 34.2. The summed E-state index contributed by atoms with van der Waals surface area (Å²) in [7, 11) is 0. The van der Waals surface area contributed by atoms with Crippen LogP contribution in [0.15, 0.2) is 168 Å². The van der Waals surface area contributed by atoms with Gasteiger partial charge in [-0.1, -0.05) is 109 Å². The van der Waals surface area contributed by atoms with E-state index in [1.54, 1.807) is 0 Å². The third-order valence-corrected chi connectivity index (χ3v) is 11.2. The van der Waals surface area contributed by atoms with Gasteiger partial charge in [0.05, 0.1) is 0 Å². The molecule has 0 atom stereocenters. The summed E-state index contributed by atoms with van der Waals surface area (Å²) in [5, 5.41) is 9.30. The molecule has 0 saturated heterocycles. The molecule has 5 heteroatoms. The molecule has 0 aliphatic heterocycles. The van der Waals surface area contributed by atoms with Gasteiger partial charge in [-0.2, -0.15) is 0 Å². The third kappa shape index (κ3) is 4.71. The third-order valence-electron chi connectivity index (χ3n) is 10.1. The Morgan fingerprint density at radius 3 is 1.73 bits per heavy atom. The fraction of sp³-hybridized carbons (Fsp3) is 0. The summed E-state index contributed by atoms with van der Waals surface area (Å²) in [4.78, 5) is 15.4. The Morgan fingerprint density at radius 2 is 0.923 bits per heavy atom. The second kappa shape index (κ2) is 11.4. The molecule has 3 heterocycles. The standard InChI is InChI=1S/C47H27N3OS/c1-2-9-30-24-32(20-17-28(30)8-1)45-48-46(50-47(49-45)34-22-23-43-39(27-34)37-10-4-6-15-42(37)52-43)33-21-18-29-16-19-31(25-35(29)26-33)36-12-7-14-41-44(36)38-11-3-5-13-40(38)51-41/h1-27H. The highest BCUT2D eigenvalue weighted by Gasteiger charge is 2.16. The van der Waals surface area contributed by atoms with Gasteiger partial charge in [-0.05, 0) is 87.3 Å². The lowest BCUT2D eigenvalue weighted by atomic mass is 9.96. The van der Waals surface area contributed by atoms with E-state index in [9.17, 15) is 0 Å². The minimum absolute atomic E-state index is 0.638. The van der Waals surface area contributed by atoms with Gasteiger partial charge in [0, 0.05) is 47.6 Å². The number of nitrogens with zero attached hydrogens (tertiary/aromatic N) is 3. The molecule has 4 nitrogen and oxygen atoms in total. The van der Waals surface area contributed by atoms with Crippen LogP contribution in [0, 0.1) is 0 Å². The summed E-state index contributed by atoms with van der Waals surface area (Å²) in [5.74, 6) is 1.93. The Morgan fingerprint density at radius 1 is 0.365 bits per heavy atom. The van der Waals surface area contributed by atoms with Crippen molar-refractivity contribution in [2.45, 2.75) is 0 Å². The number of aromatic nitrogens is 3. The van der Waals surface area contributed by atoms with Gasteiger partial charge >= 0.3 is 0 Å². The van der Waals surface area contributed by atoms with Crippen LogP contribution >= 0.6 is 11.3 Å². The quantitative estimate of drug-likeness (QED) is 0.185. The van der Waals surface area contributed by atoms with Crippen molar-refractivity contribution in [3.8, 4) is 45.3 Å². The fourth-order valence-electron chi connectivity index (χ4n) is 7.53. The molecule has 0 N–H and O–H groups in total. The highest BCUT2D eigenvalue weighted by atomic mass is 32.1. The van der Waals surface area contributed by atoms with Crippen molar-refractivity contribution in [3.05, 3.63) is 164 Å². The summed E-state index contributed by atoms with van der Waals surface area (Å²) < 4.78 is 8.74. The number of fused-ring (bicyclic) bond motifs is 8. The van der Waals surface area contributed by atoms with Crippen molar-refractivity contribution in [2.24, 2.45) is 0 Å². The van der Waals surface area contributed by atoms with Crippen molar-refractivity contribution in [3.63, 3.8) is 0 Å². The topological polar surface area (TPSA) is 51.8 Å². The maximum absolute atomic E-state index is 6.22. The molecule has 8 aromatic carbocycles. The molecule has 3 aromatic heterocycles. The van der Waals surface area contributed by atoms with Gasteiger partial charge < -0.3 is 4.42 Å². The molecule has 0 aliphatic carbocycles. The first-order valence-electron chi connectivity index (χ1n) is 17.3. The molecule has 0 saturated carbocycles. The fourth-order valence-corrected chi connectivity index (χ4v) is 8.61.